The number of nitrogens with zero attached hydrogens (tertiary/aromatic N) is 1. The van der Waals surface area contributed by atoms with Crippen LogP contribution in [-0.2, 0) is 4.74 Å². The van der Waals surface area contributed by atoms with Gasteiger partial charge >= 0.3 is 6.09 Å². The molecule has 1 aliphatic rings. The van der Waals surface area contributed by atoms with Crippen LogP contribution < -0.4 is 5.43 Å². The first-order chi connectivity index (χ1) is 4.84. The van der Waals surface area contributed by atoms with E-state index in [9.17, 15) is 4.79 Å². The Hall–Kier alpha value is -0.770. The smallest absolute Gasteiger partial charge is 0.424 e. The fourth-order valence-corrected chi connectivity index (χ4v) is 0.887. The molecule has 0 aromatic rings. The zero-order chi connectivity index (χ0) is 7.40. The van der Waals surface area contributed by atoms with Gasteiger partial charge in [-0.05, 0) is 13.3 Å². The van der Waals surface area contributed by atoms with Gasteiger partial charge in [-0.3, -0.25) is 0 Å². The third-order valence-corrected chi connectivity index (χ3v) is 1.35. The zero-order valence-corrected chi connectivity index (χ0v) is 6.09. The monoisotopic (exact) mass is 144 g/mol. The minimum absolute atomic E-state index is 0.264. The molecular weight excluding hydrogens is 132 g/mol. The Kier molecular flexibility index (Phi) is 2.50. The molecule has 1 N–H and O–H groups in total. The minimum Gasteiger partial charge on any atom is -0.449 e. The van der Waals surface area contributed by atoms with Gasteiger partial charge in [0.05, 0.1) is 6.61 Å². The highest BCUT2D eigenvalue weighted by atomic mass is 16.6. The van der Waals surface area contributed by atoms with Crippen molar-refractivity contribution in [2.45, 2.75) is 13.3 Å². The molecular formula is C6H12N2O2. The molecule has 1 heterocycles. The summed E-state index contributed by atoms with van der Waals surface area (Å²) in [6.45, 7) is 3.88. The van der Waals surface area contributed by atoms with Crippen LogP contribution in [0.15, 0.2) is 0 Å². The number of nitrogens with one attached hydrogen (secondary N) is 1. The Morgan fingerprint density at radius 1 is 1.80 bits per heavy atom. The Balaban J connectivity index is 2.25. The standard InChI is InChI=1S/C6H12N2O2/c1-2-10-6(9)8-5-3-4-7-8/h7H,2-5H2,1H3. The van der Waals surface area contributed by atoms with Crippen LogP contribution in [0.25, 0.3) is 0 Å². The van der Waals surface area contributed by atoms with E-state index in [2.05, 4.69) is 5.43 Å². The van der Waals surface area contributed by atoms with Gasteiger partial charge in [0, 0.05) is 13.1 Å². The summed E-state index contributed by atoms with van der Waals surface area (Å²) < 4.78 is 4.75. The van der Waals surface area contributed by atoms with Crippen LogP contribution in [0.3, 0.4) is 0 Å². The topological polar surface area (TPSA) is 41.6 Å². The molecule has 58 valence electrons. The molecule has 1 aliphatic heterocycles. The lowest BCUT2D eigenvalue weighted by Gasteiger charge is -2.13. The number of carbonyl (C=O) groups is 1. The maximum absolute atomic E-state index is 10.9. The summed E-state index contributed by atoms with van der Waals surface area (Å²) in [5.74, 6) is 0. The highest BCUT2D eigenvalue weighted by Crippen LogP contribution is 1.98. The van der Waals surface area contributed by atoms with E-state index in [0.717, 1.165) is 19.5 Å². The molecule has 0 atom stereocenters. The van der Waals surface area contributed by atoms with Crippen molar-refractivity contribution in [3.05, 3.63) is 0 Å². The number of ether oxygens (including phenoxy) is 1. The SMILES string of the molecule is CCOC(=O)N1CCCN1. The van der Waals surface area contributed by atoms with Crippen molar-refractivity contribution in [2.75, 3.05) is 19.7 Å². The number of hydrogen-bond donors (Lipinski definition) is 1. The van der Waals surface area contributed by atoms with E-state index in [1.165, 1.54) is 5.01 Å². The lowest BCUT2D eigenvalue weighted by atomic mass is 10.5. The zero-order valence-electron chi connectivity index (χ0n) is 6.09. The molecule has 4 heteroatoms. The second-order valence-electron chi connectivity index (χ2n) is 2.11. The molecule has 0 radical (unpaired) electrons. The fourth-order valence-electron chi connectivity index (χ4n) is 0.887. The molecule has 4 nitrogen and oxygen atoms in total. The maximum atomic E-state index is 10.9. The van der Waals surface area contributed by atoms with Crippen molar-refractivity contribution in [1.29, 1.82) is 0 Å². The lowest BCUT2D eigenvalue weighted by molar-refractivity contribution is 0.101. The minimum atomic E-state index is -0.264. The maximum Gasteiger partial charge on any atom is 0.424 e. The molecule has 1 saturated heterocycles. The third kappa shape index (κ3) is 1.60. The van der Waals surface area contributed by atoms with E-state index in [-0.39, 0.29) is 6.09 Å². The van der Waals surface area contributed by atoms with Gasteiger partial charge in [0.15, 0.2) is 0 Å². The fraction of sp³-hybridized carbons (Fsp3) is 0.833. The molecule has 0 unspecified atom stereocenters. The summed E-state index contributed by atoms with van der Waals surface area (Å²) >= 11 is 0. The van der Waals surface area contributed by atoms with Crippen molar-refractivity contribution >= 4 is 6.09 Å². The van der Waals surface area contributed by atoms with E-state index in [0.29, 0.717) is 6.61 Å². The largest absolute Gasteiger partial charge is 0.449 e. The number of hydrazine groups is 1. The number of rotatable bonds is 1. The third-order valence-electron chi connectivity index (χ3n) is 1.35. The van der Waals surface area contributed by atoms with Gasteiger partial charge < -0.3 is 4.74 Å². The van der Waals surface area contributed by atoms with Gasteiger partial charge in [0.25, 0.3) is 0 Å². The molecule has 0 bridgehead atoms. The summed E-state index contributed by atoms with van der Waals surface area (Å²) in [7, 11) is 0. The lowest BCUT2D eigenvalue weighted by Crippen LogP contribution is -2.37. The van der Waals surface area contributed by atoms with Crippen LogP contribution >= 0.6 is 0 Å². The predicted octanol–water partition coefficient (Wildman–Crippen LogP) is 0.353. The van der Waals surface area contributed by atoms with E-state index in [1.807, 2.05) is 0 Å². The Bertz CT molecular complexity index is 121. The van der Waals surface area contributed by atoms with Crippen molar-refractivity contribution in [2.24, 2.45) is 0 Å². The predicted molar refractivity (Wildman–Crippen MR) is 36.3 cm³/mol. The molecule has 10 heavy (non-hydrogen) atoms. The second kappa shape index (κ2) is 3.41. The highest BCUT2D eigenvalue weighted by molar-refractivity contribution is 5.67. The molecule has 0 aromatic carbocycles. The number of hydrogen-bond acceptors (Lipinski definition) is 3. The molecule has 0 aliphatic carbocycles. The molecule has 1 fully saturated rings. The van der Waals surface area contributed by atoms with E-state index >= 15 is 0 Å². The van der Waals surface area contributed by atoms with Gasteiger partial charge in [0.1, 0.15) is 0 Å². The molecule has 0 spiro atoms. The van der Waals surface area contributed by atoms with Crippen molar-refractivity contribution < 1.29 is 9.53 Å². The average molecular weight is 144 g/mol. The first-order valence-electron chi connectivity index (χ1n) is 3.52. The Labute approximate surface area is 60.1 Å². The summed E-state index contributed by atoms with van der Waals surface area (Å²) in [6.07, 6.45) is 0.749. The van der Waals surface area contributed by atoms with Gasteiger partial charge in [-0.2, -0.15) is 0 Å². The van der Waals surface area contributed by atoms with Crippen LogP contribution in [-0.4, -0.2) is 30.8 Å². The normalized spacial score (nSPS) is 17.5. The first kappa shape index (κ1) is 7.34. The van der Waals surface area contributed by atoms with Crippen molar-refractivity contribution in [3.8, 4) is 0 Å². The van der Waals surface area contributed by atoms with Crippen LogP contribution in [0.2, 0.25) is 0 Å². The van der Waals surface area contributed by atoms with Crippen LogP contribution in [0.5, 0.6) is 0 Å². The highest BCUT2D eigenvalue weighted by Gasteiger charge is 2.17. The first-order valence-corrected chi connectivity index (χ1v) is 3.52. The van der Waals surface area contributed by atoms with Gasteiger partial charge in [-0.25, -0.2) is 15.2 Å². The Morgan fingerprint density at radius 3 is 3.10 bits per heavy atom. The van der Waals surface area contributed by atoms with Crippen molar-refractivity contribution in [3.63, 3.8) is 0 Å². The van der Waals surface area contributed by atoms with E-state index < -0.39 is 0 Å². The van der Waals surface area contributed by atoms with E-state index in [1.54, 1.807) is 6.92 Å². The van der Waals surface area contributed by atoms with Crippen LogP contribution in [0, 0.1) is 0 Å². The molecule has 0 aromatic heterocycles. The molecule has 0 saturated carbocycles. The van der Waals surface area contributed by atoms with Crippen LogP contribution in [0.4, 0.5) is 4.79 Å². The quantitative estimate of drug-likeness (QED) is 0.577. The molecule has 1 amide bonds. The second-order valence-corrected chi connectivity index (χ2v) is 2.11. The van der Waals surface area contributed by atoms with Crippen LogP contribution in [0.1, 0.15) is 13.3 Å². The van der Waals surface area contributed by atoms with E-state index in [4.69, 9.17) is 4.74 Å². The average Bonchev–Trinajstić information content (AvgIpc) is 2.38. The van der Waals surface area contributed by atoms with Crippen molar-refractivity contribution in [1.82, 2.24) is 10.4 Å². The summed E-state index contributed by atoms with van der Waals surface area (Å²) in [6, 6.07) is 0. The molecule has 1 rings (SSSR count). The number of amides is 1. The van der Waals surface area contributed by atoms with Gasteiger partial charge in [-0.1, -0.05) is 0 Å². The van der Waals surface area contributed by atoms with Gasteiger partial charge in [0.2, 0.25) is 0 Å². The van der Waals surface area contributed by atoms with Gasteiger partial charge in [-0.15, -0.1) is 0 Å². The summed E-state index contributed by atoms with van der Waals surface area (Å²) in [5.41, 5.74) is 2.90. The summed E-state index contributed by atoms with van der Waals surface area (Å²) in [4.78, 5) is 10.9. The Morgan fingerprint density at radius 2 is 2.60 bits per heavy atom. The number of carbonyl (C=O) groups excluding carboxylic acids is 1. The summed E-state index contributed by atoms with van der Waals surface area (Å²) in [5, 5.41) is 1.50.